The fourth-order valence-corrected chi connectivity index (χ4v) is 3.75. The summed E-state index contributed by atoms with van der Waals surface area (Å²) in [7, 11) is -4.19. The molecule has 128 valence electrons. The Hall–Kier alpha value is -1.99. The number of sulfone groups is 1. The Kier molecular flexibility index (Phi) is 5.90. The fourth-order valence-electron chi connectivity index (χ4n) is 2.28. The smallest absolute Gasteiger partial charge is 0.255 e. The lowest BCUT2D eigenvalue weighted by Gasteiger charge is -2.11. The number of hydrogen-bond acceptors (Lipinski definition) is 4. The van der Waals surface area contributed by atoms with Crippen molar-refractivity contribution in [3.8, 4) is 0 Å². The summed E-state index contributed by atoms with van der Waals surface area (Å²) in [6.07, 6.45) is 2.76. The molecule has 24 heavy (non-hydrogen) atoms. The predicted molar refractivity (Wildman–Crippen MR) is 97.2 cm³/mol. The average Bonchev–Trinajstić information content (AvgIpc) is 2.47. The number of rotatable bonds is 6. The molecule has 1 atom stereocenters. The van der Waals surface area contributed by atoms with Crippen molar-refractivity contribution in [2.75, 3.05) is 17.8 Å². The van der Waals surface area contributed by atoms with E-state index in [-0.39, 0.29) is 11.7 Å². The van der Waals surface area contributed by atoms with Crippen molar-refractivity contribution in [2.45, 2.75) is 11.5 Å². The molecule has 1 amide bonds. The molecular weight excluding hydrogens is 346 g/mol. The molecule has 5 nitrogen and oxygen atoms in total. The summed E-state index contributed by atoms with van der Waals surface area (Å²) in [5.41, 5.74) is 2.26. The summed E-state index contributed by atoms with van der Waals surface area (Å²) < 4.78 is 34.3. The van der Waals surface area contributed by atoms with Crippen LogP contribution in [0.15, 0.2) is 48.5 Å². The van der Waals surface area contributed by atoms with Gasteiger partial charge in [-0.2, -0.15) is 0 Å². The summed E-state index contributed by atoms with van der Waals surface area (Å²) in [4.78, 5) is 12.4. The number of benzene rings is 2. The summed E-state index contributed by atoms with van der Waals surface area (Å²) in [6, 6.07) is 13.7. The van der Waals surface area contributed by atoms with Crippen molar-refractivity contribution in [3.63, 3.8) is 0 Å². The van der Waals surface area contributed by atoms with Crippen LogP contribution < -0.4 is 5.32 Å². The van der Waals surface area contributed by atoms with E-state index in [1.165, 1.54) is 0 Å². The lowest BCUT2D eigenvalue weighted by molar-refractivity contribution is 0.102. The Labute approximate surface area is 144 Å². The van der Waals surface area contributed by atoms with Crippen LogP contribution in [-0.2, 0) is 32.1 Å². The van der Waals surface area contributed by atoms with Crippen molar-refractivity contribution in [1.82, 2.24) is 0 Å². The van der Waals surface area contributed by atoms with Crippen LogP contribution in [0.3, 0.4) is 0 Å². The van der Waals surface area contributed by atoms with Crippen LogP contribution in [0.2, 0.25) is 0 Å². The molecule has 0 aliphatic heterocycles. The van der Waals surface area contributed by atoms with E-state index in [4.69, 9.17) is 0 Å². The average molecular weight is 365 g/mol. The van der Waals surface area contributed by atoms with Gasteiger partial charge in [0.2, 0.25) is 0 Å². The highest BCUT2D eigenvalue weighted by Gasteiger charge is 2.13. The highest BCUT2D eigenvalue weighted by molar-refractivity contribution is 7.89. The molecule has 0 radical (unpaired) electrons. The minimum atomic E-state index is -3.21. The molecule has 2 aromatic rings. The molecule has 2 aromatic carbocycles. The van der Waals surface area contributed by atoms with Gasteiger partial charge < -0.3 is 5.32 Å². The third kappa shape index (κ3) is 5.58. The molecule has 7 heteroatoms. The first-order valence-electron chi connectivity index (χ1n) is 7.20. The lowest BCUT2D eigenvalue weighted by Crippen LogP contribution is -2.14. The second kappa shape index (κ2) is 7.72. The van der Waals surface area contributed by atoms with Gasteiger partial charge in [-0.15, -0.1) is 0 Å². The highest BCUT2D eigenvalue weighted by Crippen LogP contribution is 2.19. The Morgan fingerprint density at radius 1 is 1.12 bits per heavy atom. The zero-order valence-electron chi connectivity index (χ0n) is 13.5. The molecule has 0 spiro atoms. The normalized spacial score (nSPS) is 12.6. The first kappa shape index (κ1) is 18.4. The fraction of sp³-hybridized carbons (Fsp3) is 0.235. The zero-order chi connectivity index (χ0) is 17.7. The Balaban J connectivity index is 2.23. The molecule has 1 unspecified atom stereocenters. The molecule has 0 aromatic heterocycles. The molecule has 0 bridgehead atoms. The number of amides is 1. The molecule has 2 rings (SSSR count). The number of para-hydroxylation sites is 1. The summed E-state index contributed by atoms with van der Waals surface area (Å²) in [5.74, 6) is -0.0935. The van der Waals surface area contributed by atoms with Crippen LogP contribution in [0.5, 0.6) is 0 Å². The second-order valence-electron chi connectivity index (χ2n) is 5.60. The van der Waals surface area contributed by atoms with Gasteiger partial charge in [0.05, 0.1) is 5.75 Å². The molecule has 0 saturated carbocycles. The summed E-state index contributed by atoms with van der Waals surface area (Å²) in [6.45, 7) is 0. The first-order chi connectivity index (χ1) is 11.2. The van der Waals surface area contributed by atoms with E-state index < -0.39 is 20.6 Å². The van der Waals surface area contributed by atoms with Crippen molar-refractivity contribution < 1.29 is 17.4 Å². The third-order valence-corrected chi connectivity index (χ3v) is 4.82. The van der Waals surface area contributed by atoms with E-state index in [0.29, 0.717) is 22.6 Å². The van der Waals surface area contributed by atoms with Crippen LogP contribution in [0.25, 0.3) is 0 Å². The van der Waals surface area contributed by atoms with Gasteiger partial charge >= 0.3 is 0 Å². The quantitative estimate of drug-likeness (QED) is 0.852. The number of anilines is 1. The first-order valence-corrected chi connectivity index (χ1v) is 11.0. The minimum absolute atomic E-state index is 0.141. The molecular formula is C17H19NO4S2. The molecule has 0 aliphatic rings. The van der Waals surface area contributed by atoms with Crippen LogP contribution >= 0.6 is 0 Å². The third-order valence-electron chi connectivity index (χ3n) is 3.24. The maximum Gasteiger partial charge on any atom is 0.255 e. The Morgan fingerprint density at radius 2 is 1.83 bits per heavy atom. The van der Waals surface area contributed by atoms with Gasteiger partial charge in [-0.3, -0.25) is 9.00 Å². The maximum absolute atomic E-state index is 12.4. The van der Waals surface area contributed by atoms with Gasteiger partial charge in [0.1, 0.15) is 0 Å². The molecule has 0 saturated heterocycles. The van der Waals surface area contributed by atoms with Crippen LogP contribution in [-0.4, -0.2) is 31.0 Å². The van der Waals surface area contributed by atoms with E-state index in [9.17, 15) is 17.4 Å². The topological polar surface area (TPSA) is 80.3 Å². The van der Waals surface area contributed by atoms with Crippen LogP contribution in [0, 0.1) is 0 Å². The SMILES string of the molecule is CS(=O)Cc1cccc(C(=O)Nc2ccccc2CS(C)(=O)=O)c1. The molecule has 0 fully saturated rings. The van der Waals surface area contributed by atoms with E-state index in [1.54, 1.807) is 48.7 Å². The van der Waals surface area contributed by atoms with Gasteiger partial charge in [0.25, 0.3) is 5.91 Å². The second-order valence-corrected chi connectivity index (χ2v) is 9.17. The van der Waals surface area contributed by atoms with E-state index in [0.717, 1.165) is 11.8 Å². The van der Waals surface area contributed by atoms with Crippen molar-refractivity contribution in [1.29, 1.82) is 0 Å². The number of nitrogens with one attached hydrogen (secondary N) is 1. The van der Waals surface area contributed by atoms with Gasteiger partial charge in [0, 0.05) is 40.3 Å². The molecule has 1 N–H and O–H groups in total. The van der Waals surface area contributed by atoms with Gasteiger partial charge in [-0.1, -0.05) is 30.3 Å². The number of carbonyl (C=O) groups excluding carboxylic acids is 1. The van der Waals surface area contributed by atoms with E-state index in [1.807, 2.05) is 6.07 Å². The van der Waals surface area contributed by atoms with Crippen molar-refractivity contribution in [2.24, 2.45) is 0 Å². The van der Waals surface area contributed by atoms with E-state index >= 15 is 0 Å². The minimum Gasteiger partial charge on any atom is -0.322 e. The number of carbonyl (C=O) groups is 1. The molecule has 0 heterocycles. The van der Waals surface area contributed by atoms with Crippen molar-refractivity contribution in [3.05, 3.63) is 65.2 Å². The maximum atomic E-state index is 12.4. The predicted octanol–water partition coefficient (Wildman–Crippen LogP) is 2.36. The lowest BCUT2D eigenvalue weighted by atomic mass is 10.1. The molecule has 0 aliphatic carbocycles. The highest BCUT2D eigenvalue weighted by atomic mass is 32.2. The van der Waals surface area contributed by atoms with Gasteiger partial charge in [0.15, 0.2) is 9.84 Å². The van der Waals surface area contributed by atoms with Crippen molar-refractivity contribution >= 4 is 32.2 Å². The zero-order valence-corrected chi connectivity index (χ0v) is 15.1. The summed E-state index contributed by atoms with van der Waals surface area (Å²) >= 11 is 0. The van der Waals surface area contributed by atoms with Crippen LogP contribution in [0.1, 0.15) is 21.5 Å². The standard InChI is InChI=1S/C17H19NO4S2/c1-23(20)11-13-6-5-8-14(10-13)17(19)18-16-9-4-3-7-15(16)12-24(2,21)22/h3-10H,11-12H2,1-2H3,(H,18,19). The van der Waals surface area contributed by atoms with E-state index in [2.05, 4.69) is 5.32 Å². The Morgan fingerprint density at radius 3 is 2.50 bits per heavy atom. The monoisotopic (exact) mass is 365 g/mol. The summed E-state index contributed by atoms with van der Waals surface area (Å²) in [5, 5.41) is 2.75. The van der Waals surface area contributed by atoms with Crippen LogP contribution in [0.4, 0.5) is 5.69 Å². The number of hydrogen-bond donors (Lipinski definition) is 1. The Bertz CT molecular complexity index is 876. The van der Waals surface area contributed by atoms with Gasteiger partial charge in [-0.25, -0.2) is 8.42 Å². The van der Waals surface area contributed by atoms with Gasteiger partial charge in [-0.05, 0) is 29.3 Å². The largest absolute Gasteiger partial charge is 0.322 e.